The summed E-state index contributed by atoms with van der Waals surface area (Å²) in [4.78, 5) is 4.76. The highest BCUT2D eigenvalue weighted by molar-refractivity contribution is 6.14. The highest BCUT2D eigenvalue weighted by Gasteiger charge is 2.19. The predicted molar refractivity (Wildman–Crippen MR) is 231 cm³/mol. The third-order valence-corrected chi connectivity index (χ3v) is 10.6. The van der Waals surface area contributed by atoms with Crippen molar-refractivity contribution in [2.45, 2.75) is 0 Å². The number of para-hydroxylation sites is 1. The van der Waals surface area contributed by atoms with E-state index in [-0.39, 0.29) is 0 Å². The Labute approximate surface area is 315 Å². The summed E-state index contributed by atoms with van der Waals surface area (Å²) in [6.45, 7) is 0. The van der Waals surface area contributed by atoms with E-state index in [1.807, 2.05) is 0 Å². The Morgan fingerprint density at radius 1 is 0.222 bits per heavy atom. The molecule has 0 aliphatic heterocycles. The monoisotopic (exact) mass is 688 g/mol. The molecule has 10 aromatic rings. The fraction of sp³-hybridized carbons (Fsp3) is 0. The van der Waals surface area contributed by atoms with Gasteiger partial charge in [-0.15, -0.1) is 0 Å². The molecule has 0 N–H and O–H groups in total. The molecule has 0 spiro atoms. The van der Waals surface area contributed by atoms with E-state index < -0.39 is 0 Å². The van der Waals surface area contributed by atoms with Crippen LogP contribution in [-0.2, 0) is 0 Å². The van der Waals surface area contributed by atoms with Gasteiger partial charge in [-0.25, -0.2) is 0 Å². The molecule has 0 saturated carbocycles. The second kappa shape index (κ2) is 13.4. The minimum absolute atomic E-state index is 1.11. The predicted octanol–water partition coefficient (Wildman–Crippen LogP) is 14.9. The minimum atomic E-state index is 1.11. The first-order chi connectivity index (χ1) is 26.8. The Hall–Kier alpha value is -7.16. The molecule has 0 bridgehead atoms. The molecule has 0 radical (unpaired) electrons. The average molecular weight is 689 g/mol. The number of benzene rings is 10. The molecular formula is C52H36N2. The minimum Gasteiger partial charge on any atom is -0.310 e. The van der Waals surface area contributed by atoms with Gasteiger partial charge in [-0.1, -0.05) is 158 Å². The van der Waals surface area contributed by atoms with Crippen molar-refractivity contribution < 1.29 is 0 Å². The third kappa shape index (κ3) is 5.62. The number of hydrogen-bond donors (Lipinski definition) is 0. The lowest BCUT2D eigenvalue weighted by molar-refractivity contribution is 1.30. The molecule has 0 atom stereocenters. The molecule has 10 aromatic carbocycles. The summed E-state index contributed by atoms with van der Waals surface area (Å²) in [5, 5.41) is 9.86. The maximum atomic E-state index is 2.38. The Balaban J connectivity index is 1.05. The van der Waals surface area contributed by atoms with Crippen LogP contribution in [0.15, 0.2) is 218 Å². The highest BCUT2D eigenvalue weighted by atomic mass is 15.1. The first-order valence-corrected chi connectivity index (χ1v) is 18.5. The summed E-state index contributed by atoms with van der Waals surface area (Å²) in [6.07, 6.45) is 0. The zero-order valence-corrected chi connectivity index (χ0v) is 29.7. The number of nitrogens with zero attached hydrogens (tertiary/aromatic N) is 2. The van der Waals surface area contributed by atoms with E-state index in [2.05, 4.69) is 228 Å². The fourth-order valence-corrected chi connectivity index (χ4v) is 7.98. The summed E-state index contributed by atoms with van der Waals surface area (Å²) >= 11 is 0. The van der Waals surface area contributed by atoms with Crippen LogP contribution in [0.2, 0.25) is 0 Å². The summed E-state index contributed by atoms with van der Waals surface area (Å²) < 4.78 is 0. The molecule has 0 aromatic heterocycles. The van der Waals surface area contributed by atoms with Gasteiger partial charge in [0.25, 0.3) is 0 Å². The largest absolute Gasteiger partial charge is 0.310 e. The van der Waals surface area contributed by atoms with Gasteiger partial charge in [0.2, 0.25) is 0 Å². The second-order valence-corrected chi connectivity index (χ2v) is 13.8. The Kier molecular flexibility index (Phi) is 7.85. The van der Waals surface area contributed by atoms with Crippen LogP contribution < -0.4 is 9.80 Å². The number of fused-ring (bicyclic) bond motifs is 5. The number of hydrogen-bond acceptors (Lipinski definition) is 2. The van der Waals surface area contributed by atoms with Gasteiger partial charge in [0.05, 0.1) is 11.4 Å². The van der Waals surface area contributed by atoms with E-state index in [1.54, 1.807) is 0 Å². The van der Waals surface area contributed by atoms with E-state index in [1.165, 1.54) is 54.2 Å². The summed E-state index contributed by atoms with van der Waals surface area (Å²) in [6, 6.07) is 78.9. The lowest BCUT2D eigenvalue weighted by Crippen LogP contribution is -2.10. The van der Waals surface area contributed by atoms with Crippen LogP contribution in [0.3, 0.4) is 0 Å². The van der Waals surface area contributed by atoms with Crippen LogP contribution in [0.4, 0.5) is 34.1 Å². The third-order valence-electron chi connectivity index (χ3n) is 10.6. The Bertz CT molecular complexity index is 2880. The van der Waals surface area contributed by atoms with Crippen molar-refractivity contribution in [1.82, 2.24) is 0 Å². The van der Waals surface area contributed by atoms with Gasteiger partial charge in [-0.3, -0.25) is 0 Å². The Morgan fingerprint density at radius 2 is 0.704 bits per heavy atom. The molecule has 54 heavy (non-hydrogen) atoms. The first kappa shape index (κ1) is 31.6. The maximum Gasteiger partial charge on any atom is 0.0546 e. The van der Waals surface area contributed by atoms with Gasteiger partial charge in [0, 0.05) is 33.5 Å². The molecule has 2 heteroatoms. The quantitative estimate of drug-likeness (QED) is 0.154. The van der Waals surface area contributed by atoms with Crippen LogP contribution in [0.5, 0.6) is 0 Å². The van der Waals surface area contributed by atoms with E-state index in [0.717, 1.165) is 34.1 Å². The lowest BCUT2D eigenvalue weighted by atomic mass is 9.98. The standard InChI is InChI=1S/C52H36N2/c1-2-18-43(19-3-1)53(52-36-42-16-7-8-20-47(42)49-22-10-11-23-50(49)52)44-30-25-38(26-31-44)39-27-32-45(33-28-39)54(46-34-29-37-13-4-5-15-41(37)35-46)51-24-12-17-40-14-6-9-21-48(40)51/h1-36H. The van der Waals surface area contributed by atoms with E-state index in [4.69, 9.17) is 0 Å². The molecular weight excluding hydrogens is 653 g/mol. The SMILES string of the molecule is c1ccc(N(c2ccc(-c3ccc(N(c4ccc5ccccc5c4)c4cccc5ccccc45)cc3)cc2)c2cc3ccccc3c3ccccc23)cc1. The van der Waals surface area contributed by atoms with Gasteiger partial charge in [0.15, 0.2) is 0 Å². The molecule has 0 unspecified atom stereocenters. The van der Waals surface area contributed by atoms with Gasteiger partial charge in [-0.05, 0) is 104 Å². The zero-order valence-electron chi connectivity index (χ0n) is 29.7. The van der Waals surface area contributed by atoms with E-state index in [0.29, 0.717) is 0 Å². The topological polar surface area (TPSA) is 6.48 Å². The number of rotatable bonds is 7. The zero-order chi connectivity index (χ0) is 35.8. The Morgan fingerprint density at radius 3 is 1.41 bits per heavy atom. The summed E-state index contributed by atoms with van der Waals surface area (Å²) in [5.74, 6) is 0. The number of anilines is 6. The second-order valence-electron chi connectivity index (χ2n) is 13.8. The van der Waals surface area contributed by atoms with Crippen molar-refractivity contribution in [3.8, 4) is 11.1 Å². The van der Waals surface area contributed by atoms with Crippen molar-refractivity contribution in [3.63, 3.8) is 0 Å². The molecule has 2 nitrogen and oxygen atoms in total. The molecule has 0 aliphatic carbocycles. The lowest BCUT2D eigenvalue weighted by Gasteiger charge is -2.28. The summed E-state index contributed by atoms with van der Waals surface area (Å²) in [7, 11) is 0. The summed E-state index contributed by atoms with van der Waals surface area (Å²) in [5.41, 5.74) is 9.13. The molecule has 0 amide bonds. The van der Waals surface area contributed by atoms with Crippen molar-refractivity contribution in [1.29, 1.82) is 0 Å². The van der Waals surface area contributed by atoms with Crippen molar-refractivity contribution in [2.24, 2.45) is 0 Å². The van der Waals surface area contributed by atoms with E-state index in [9.17, 15) is 0 Å². The molecule has 0 heterocycles. The van der Waals surface area contributed by atoms with Gasteiger partial charge < -0.3 is 9.80 Å². The van der Waals surface area contributed by atoms with Crippen LogP contribution >= 0.6 is 0 Å². The normalized spacial score (nSPS) is 11.3. The maximum absolute atomic E-state index is 2.38. The van der Waals surface area contributed by atoms with Crippen molar-refractivity contribution in [3.05, 3.63) is 218 Å². The molecule has 0 fully saturated rings. The van der Waals surface area contributed by atoms with Crippen LogP contribution in [0, 0.1) is 0 Å². The smallest absolute Gasteiger partial charge is 0.0546 e. The van der Waals surface area contributed by atoms with Crippen molar-refractivity contribution >= 4 is 77.2 Å². The van der Waals surface area contributed by atoms with Gasteiger partial charge in [0.1, 0.15) is 0 Å². The van der Waals surface area contributed by atoms with Crippen LogP contribution in [0.25, 0.3) is 54.2 Å². The average Bonchev–Trinajstić information content (AvgIpc) is 3.25. The molecule has 0 aliphatic rings. The van der Waals surface area contributed by atoms with Gasteiger partial charge in [-0.2, -0.15) is 0 Å². The van der Waals surface area contributed by atoms with Crippen LogP contribution in [-0.4, -0.2) is 0 Å². The van der Waals surface area contributed by atoms with E-state index >= 15 is 0 Å². The van der Waals surface area contributed by atoms with Crippen molar-refractivity contribution in [2.75, 3.05) is 9.80 Å². The molecule has 254 valence electrons. The van der Waals surface area contributed by atoms with Crippen LogP contribution in [0.1, 0.15) is 0 Å². The van der Waals surface area contributed by atoms with Gasteiger partial charge >= 0.3 is 0 Å². The first-order valence-electron chi connectivity index (χ1n) is 18.5. The highest BCUT2D eigenvalue weighted by Crippen LogP contribution is 2.43. The molecule has 10 rings (SSSR count). The molecule has 0 saturated heterocycles. The fourth-order valence-electron chi connectivity index (χ4n) is 7.98.